The van der Waals surface area contributed by atoms with Crippen LogP contribution in [0.25, 0.3) is 0 Å². The molecule has 0 radical (unpaired) electrons. The number of anilines is 2. The number of benzene rings is 2. The fourth-order valence-corrected chi connectivity index (χ4v) is 3.07. The summed E-state index contributed by atoms with van der Waals surface area (Å²) in [5.74, 6) is -0.0813. The van der Waals surface area contributed by atoms with Crippen molar-refractivity contribution < 1.29 is 9.59 Å². The average Bonchev–Trinajstić information content (AvgIpc) is 2.58. The lowest BCUT2D eigenvalue weighted by atomic mass is 10.1. The van der Waals surface area contributed by atoms with Gasteiger partial charge >= 0.3 is 0 Å². The molecule has 2 amide bonds. The number of halogens is 1. The van der Waals surface area contributed by atoms with E-state index in [9.17, 15) is 9.59 Å². The van der Waals surface area contributed by atoms with Crippen LogP contribution in [0.4, 0.5) is 11.4 Å². The van der Waals surface area contributed by atoms with Crippen molar-refractivity contribution in [2.75, 3.05) is 16.8 Å². The Morgan fingerprint density at radius 2 is 1.88 bits per heavy atom. The summed E-state index contributed by atoms with van der Waals surface area (Å²) < 4.78 is 0. The van der Waals surface area contributed by atoms with Gasteiger partial charge in [-0.25, -0.2) is 0 Å². The first-order valence-corrected chi connectivity index (χ1v) is 8.40. The molecule has 4 nitrogen and oxygen atoms in total. The van der Waals surface area contributed by atoms with Gasteiger partial charge in [-0.1, -0.05) is 17.7 Å². The summed E-state index contributed by atoms with van der Waals surface area (Å²) in [5.41, 5.74) is 2.99. The molecule has 1 fully saturated rings. The first-order chi connectivity index (χ1) is 11.5. The van der Waals surface area contributed by atoms with Gasteiger partial charge in [0, 0.05) is 24.2 Å². The minimum Gasteiger partial charge on any atom is -0.321 e. The molecule has 1 saturated heterocycles. The monoisotopic (exact) mass is 342 g/mol. The zero-order valence-electron chi connectivity index (χ0n) is 13.5. The quantitative estimate of drug-likeness (QED) is 0.897. The van der Waals surface area contributed by atoms with Gasteiger partial charge in [-0.2, -0.15) is 0 Å². The van der Waals surface area contributed by atoms with Crippen molar-refractivity contribution >= 4 is 34.8 Å². The summed E-state index contributed by atoms with van der Waals surface area (Å²) in [6.45, 7) is 2.68. The van der Waals surface area contributed by atoms with Crippen LogP contribution >= 0.6 is 11.6 Å². The standard InChI is InChI=1S/C19H19ClN2O2/c1-13-5-10-17(16(20)12-13)21-19(24)14-6-8-15(9-7-14)22-11-3-2-4-18(22)23/h5-10,12H,2-4,11H2,1H3,(H,21,24). The molecule has 0 aliphatic carbocycles. The first kappa shape index (κ1) is 16.5. The van der Waals surface area contributed by atoms with Crippen molar-refractivity contribution in [3.05, 3.63) is 58.6 Å². The first-order valence-electron chi connectivity index (χ1n) is 8.02. The molecule has 1 N–H and O–H groups in total. The van der Waals surface area contributed by atoms with Crippen LogP contribution in [0.5, 0.6) is 0 Å². The molecule has 1 aliphatic heterocycles. The lowest BCUT2D eigenvalue weighted by Crippen LogP contribution is -2.35. The van der Waals surface area contributed by atoms with Crippen molar-refractivity contribution in [2.45, 2.75) is 26.2 Å². The van der Waals surface area contributed by atoms with Crippen LogP contribution in [0.15, 0.2) is 42.5 Å². The normalized spacial score (nSPS) is 14.6. The van der Waals surface area contributed by atoms with Crippen LogP contribution in [-0.4, -0.2) is 18.4 Å². The maximum atomic E-state index is 12.4. The third kappa shape index (κ3) is 3.60. The number of hydrogen-bond donors (Lipinski definition) is 1. The molecule has 124 valence electrons. The second-order valence-corrected chi connectivity index (χ2v) is 6.39. The highest BCUT2D eigenvalue weighted by molar-refractivity contribution is 6.34. The maximum Gasteiger partial charge on any atom is 0.255 e. The topological polar surface area (TPSA) is 49.4 Å². The fourth-order valence-electron chi connectivity index (χ4n) is 2.79. The predicted octanol–water partition coefficient (Wildman–Crippen LogP) is 4.42. The third-order valence-electron chi connectivity index (χ3n) is 4.14. The predicted molar refractivity (Wildman–Crippen MR) is 96.8 cm³/mol. The van der Waals surface area contributed by atoms with Crippen LogP contribution in [-0.2, 0) is 4.79 Å². The van der Waals surface area contributed by atoms with Crippen LogP contribution < -0.4 is 10.2 Å². The van der Waals surface area contributed by atoms with Gasteiger partial charge in [0.2, 0.25) is 5.91 Å². The van der Waals surface area contributed by atoms with Crippen molar-refractivity contribution in [1.82, 2.24) is 0 Å². The molecule has 2 aromatic rings. The van der Waals surface area contributed by atoms with E-state index in [1.165, 1.54) is 0 Å². The highest BCUT2D eigenvalue weighted by atomic mass is 35.5. The average molecular weight is 343 g/mol. The van der Waals surface area contributed by atoms with Crippen LogP contribution in [0, 0.1) is 6.92 Å². The summed E-state index contributed by atoms with van der Waals surface area (Å²) in [5, 5.41) is 3.32. The van der Waals surface area contributed by atoms with E-state index in [4.69, 9.17) is 11.6 Å². The van der Waals surface area contributed by atoms with E-state index >= 15 is 0 Å². The smallest absolute Gasteiger partial charge is 0.255 e. The van der Waals surface area contributed by atoms with E-state index < -0.39 is 0 Å². The summed E-state index contributed by atoms with van der Waals surface area (Å²) in [4.78, 5) is 26.1. The second-order valence-electron chi connectivity index (χ2n) is 5.99. The zero-order chi connectivity index (χ0) is 17.1. The van der Waals surface area contributed by atoms with Crippen molar-refractivity contribution in [3.8, 4) is 0 Å². The molecular formula is C19H19ClN2O2. The van der Waals surface area contributed by atoms with Crippen LogP contribution in [0.2, 0.25) is 5.02 Å². The molecule has 0 spiro atoms. The van der Waals surface area contributed by atoms with Gasteiger partial charge in [0.25, 0.3) is 5.91 Å². The molecule has 1 aliphatic rings. The lowest BCUT2D eigenvalue weighted by Gasteiger charge is -2.26. The number of carbonyl (C=O) groups is 2. The Labute approximate surface area is 146 Å². The van der Waals surface area contributed by atoms with E-state index in [1.807, 2.05) is 31.2 Å². The van der Waals surface area contributed by atoms with Gasteiger partial charge in [0.15, 0.2) is 0 Å². The van der Waals surface area contributed by atoms with Crippen molar-refractivity contribution in [3.63, 3.8) is 0 Å². The Kier molecular flexibility index (Phi) is 4.86. The van der Waals surface area contributed by atoms with Crippen LogP contribution in [0.3, 0.4) is 0 Å². The summed E-state index contributed by atoms with van der Waals surface area (Å²) in [6, 6.07) is 12.6. The molecule has 0 aromatic heterocycles. The molecule has 0 bridgehead atoms. The molecule has 3 rings (SSSR count). The Balaban J connectivity index is 1.73. The minimum absolute atomic E-state index is 0.143. The van der Waals surface area contributed by atoms with E-state index in [0.29, 0.717) is 22.7 Å². The largest absolute Gasteiger partial charge is 0.321 e. The molecule has 1 heterocycles. The number of carbonyl (C=O) groups excluding carboxylic acids is 2. The Morgan fingerprint density at radius 3 is 2.54 bits per heavy atom. The van der Waals surface area contributed by atoms with E-state index in [2.05, 4.69) is 5.32 Å². The van der Waals surface area contributed by atoms with Gasteiger partial charge in [-0.05, 0) is 61.7 Å². The van der Waals surface area contributed by atoms with E-state index in [1.54, 1.807) is 23.1 Å². The van der Waals surface area contributed by atoms with Crippen molar-refractivity contribution in [1.29, 1.82) is 0 Å². The number of nitrogens with one attached hydrogen (secondary N) is 1. The third-order valence-corrected chi connectivity index (χ3v) is 4.45. The molecule has 0 atom stereocenters. The summed E-state index contributed by atoms with van der Waals surface area (Å²) in [7, 11) is 0. The number of aryl methyl sites for hydroxylation is 1. The minimum atomic E-state index is -0.225. The number of hydrogen-bond acceptors (Lipinski definition) is 2. The van der Waals surface area contributed by atoms with Crippen molar-refractivity contribution in [2.24, 2.45) is 0 Å². The summed E-state index contributed by atoms with van der Waals surface area (Å²) in [6.07, 6.45) is 2.56. The van der Waals surface area contributed by atoms with Gasteiger partial charge in [-0.3, -0.25) is 9.59 Å². The number of nitrogens with zero attached hydrogens (tertiary/aromatic N) is 1. The van der Waals surface area contributed by atoms with Gasteiger partial charge in [0.1, 0.15) is 0 Å². The molecule has 0 unspecified atom stereocenters. The fraction of sp³-hybridized carbons (Fsp3) is 0.263. The van der Waals surface area contributed by atoms with E-state index in [0.717, 1.165) is 30.6 Å². The van der Waals surface area contributed by atoms with Gasteiger partial charge < -0.3 is 10.2 Å². The van der Waals surface area contributed by atoms with E-state index in [-0.39, 0.29) is 11.8 Å². The maximum absolute atomic E-state index is 12.4. The highest BCUT2D eigenvalue weighted by Crippen LogP contribution is 2.24. The summed E-state index contributed by atoms with van der Waals surface area (Å²) >= 11 is 6.14. The highest BCUT2D eigenvalue weighted by Gasteiger charge is 2.19. The molecule has 24 heavy (non-hydrogen) atoms. The lowest BCUT2D eigenvalue weighted by molar-refractivity contribution is -0.119. The number of amides is 2. The van der Waals surface area contributed by atoms with Gasteiger partial charge in [0.05, 0.1) is 10.7 Å². The Bertz CT molecular complexity index is 771. The number of rotatable bonds is 3. The Hall–Kier alpha value is -2.33. The van der Waals surface area contributed by atoms with Crippen LogP contribution in [0.1, 0.15) is 35.2 Å². The molecule has 5 heteroatoms. The number of piperidine rings is 1. The molecule has 2 aromatic carbocycles. The molecular weight excluding hydrogens is 324 g/mol. The van der Waals surface area contributed by atoms with Gasteiger partial charge in [-0.15, -0.1) is 0 Å². The SMILES string of the molecule is Cc1ccc(NC(=O)c2ccc(N3CCCCC3=O)cc2)c(Cl)c1. The second kappa shape index (κ2) is 7.05. The zero-order valence-corrected chi connectivity index (χ0v) is 14.3. The molecule has 0 saturated carbocycles. The Morgan fingerprint density at radius 1 is 1.12 bits per heavy atom.